The minimum atomic E-state index is 0.0479. The standard InChI is InChI=1S/C23H29N5O/c1-2-27(18-8-4-3-5-9-18)23(29)21-20-10-6-7-13-28(20)22(25-21)19-15-26(16-24-19)14-17-11-12-17/h6-7,10,13,15-18H,2-5,8-9,11-12,14H2,1H3. The van der Waals surface area contributed by atoms with Crippen molar-refractivity contribution < 1.29 is 4.79 Å². The number of rotatable bonds is 6. The minimum Gasteiger partial charge on any atom is -0.336 e. The Morgan fingerprint density at radius 3 is 2.76 bits per heavy atom. The molecule has 6 nitrogen and oxygen atoms in total. The molecule has 0 bridgehead atoms. The van der Waals surface area contributed by atoms with Crippen molar-refractivity contribution in [2.45, 2.75) is 64.5 Å². The molecule has 2 fully saturated rings. The Hall–Kier alpha value is -2.63. The second-order valence-electron chi connectivity index (χ2n) is 8.52. The topological polar surface area (TPSA) is 55.4 Å². The highest BCUT2D eigenvalue weighted by Gasteiger charge is 2.29. The van der Waals surface area contributed by atoms with Crippen molar-refractivity contribution in [3.63, 3.8) is 0 Å². The van der Waals surface area contributed by atoms with Gasteiger partial charge in [0.2, 0.25) is 0 Å². The third-order valence-corrected chi connectivity index (χ3v) is 6.40. The van der Waals surface area contributed by atoms with Crippen LogP contribution in [0.4, 0.5) is 0 Å². The molecule has 3 aromatic rings. The van der Waals surface area contributed by atoms with Crippen molar-refractivity contribution in [1.82, 2.24) is 23.8 Å². The highest BCUT2D eigenvalue weighted by molar-refractivity contribution is 6.00. The summed E-state index contributed by atoms with van der Waals surface area (Å²) in [6, 6.07) is 6.27. The molecule has 6 heteroatoms. The molecular formula is C23H29N5O. The molecule has 0 unspecified atom stereocenters. The van der Waals surface area contributed by atoms with E-state index >= 15 is 0 Å². The summed E-state index contributed by atoms with van der Waals surface area (Å²) >= 11 is 0. The van der Waals surface area contributed by atoms with Crippen molar-refractivity contribution in [2.24, 2.45) is 5.92 Å². The maximum Gasteiger partial charge on any atom is 0.274 e. The Labute approximate surface area is 171 Å². The van der Waals surface area contributed by atoms with Gasteiger partial charge in [-0.3, -0.25) is 9.20 Å². The number of nitrogens with zero attached hydrogens (tertiary/aromatic N) is 5. The van der Waals surface area contributed by atoms with Crippen molar-refractivity contribution in [3.05, 3.63) is 42.6 Å². The van der Waals surface area contributed by atoms with Crippen molar-refractivity contribution >= 4 is 11.4 Å². The van der Waals surface area contributed by atoms with Gasteiger partial charge >= 0.3 is 0 Å². The fourth-order valence-electron chi connectivity index (χ4n) is 4.65. The Kier molecular flexibility index (Phi) is 4.86. The molecule has 5 rings (SSSR count). The first-order chi connectivity index (χ1) is 14.2. The van der Waals surface area contributed by atoms with E-state index in [1.807, 2.05) is 40.0 Å². The lowest BCUT2D eigenvalue weighted by atomic mass is 9.94. The fourth-order valence-corrected chi connectivity index (χ4v) is 4.65. The predicted octanol–water partition coefficient (Wildman–Crippen LogP) is 4.40. The Morgan fingerprint density at radius 2 is 2.00 bits per heavy atom. The van der Waals surface area contributed by atoms with Gasteiger partial charge in [0, 0.05) is 31.5 Å². The van der Waals surface area contributed by atoms with Crippen LogP contribution in [0.2, 0.25) is 0 Å². The lowest BCUT2D eigenvalue weighted by Gasteiger charge is -2.33. The summed E-state index contributed by atoms with van der Waals surface area (Å²) in [5.41, 5.74) is 2.23. The van der Waals surface area contributed by atoms with Crippen LogP contribution in [0.15, 0.2) is 36.9 Å². The molecule has 0 saturated heterocycles. The van der Waals surface area contributed by atoms with E-state index in [0.29, 0.717) is 11.7 Å². The van der Waals surface area contributed by atoms with Gasteiger partial charge in [-0.05, 0) is 50.7 Å². The first-order valence-electron chi connectivity index (χ1n) is 11.0. The van der Waals surface area contributed by atoms with E-state index in [2.05, 4.69) is 22.7 Å². The van der Waals surface area contributed by atoms with Crippen molar-refractivity contribution in [1.29, 1.82) is 0 Å². The quantitative estimate of drug-likeness (QED) is 0.626. The number of imidazole rings is 2. The maximum absolute atomic E-state index is 13.5. The van der Waals surface area contributed by atoms with Crippen molar-refractivity contribution in [3.8, 4) is 11.5 Å². The number of amides is 1. The van der Waals surface area contributed by atoms with Crippen LogP contribution >= 0.6 is 0 Å². The van der Waals surface area contributed by atoms with Gasteiger partial charge in [-0.25, -0.2) is 9.97 Å². The minimum absolute atomic E-state index is 0.0479. The molecular weight excluding hydrogens is 362 g/mol. The molecule has 29 heavy (non-hydrogen) atoms. The van der Waals surface area contributed by atoms with Gasteiger partial charge in [-0.1, -0.05) is 25.3 Å². The number of fused-ring (bicyclic) bond motifs is 1. The monoisotopic (exact) mass is 391 g/mol. The van der Waals surface area contributed by atoms with Crippen LogP contribution in [-0.4, -0.2) is 42.3 Å². The summed E-state index contributed by atoms with van der Waals surface area (Å²) in [7, 11) is 0. The molecule has 2 saturated carbocycles. The zero-order chi connectivity index (χ0) is 19.8. The third-order valence-electron chi connectivity index (χ3n) is 6.40. The molecule has 2 aliphatic carbocycles. The van der Waals surface area contributed by atoms with E-state index in [0.717, 1.165) is 48.9 Å². The Morgan fingerprint density at radius 1 is 1.17 bits per heavy atom. The maximum atomic E-state index is 13.5. The van der Waals surface area contributed by atoms with Crippen LogP contribution in [0.25, 0.3) is 17.0 Å². The van der Waals surface area contributed by atoms with E-state index in [1.54, 1.807) is 0 Å². The van der Waals surface area contributed by atoms with Crippen LogP contribution in [-0.2, 0) is 6.54 Å². The Balaban J connectivity index is 1.50. The van der Waals surface area contributed by atoms with E-state index in [4.69, 9.17) is 4.98 Å². The number of hydrogen-bond acceptors (Lipinski definition) is 3. The van der Waals surface area contributed by atoms with Gasteiger partial charge in [0.15, 0.2) is 11.5 Å². The average molecular weight is 392 g/mol. The molecule has 152 valence electrons. The first kappa shape index (κ1) is 18.4. The van der Waals surface area contributed by atoms with Crippen molar-refractivity contribution in [2.75, 3.05) is 6.54 Å². The Bertz CT molecular complexity index is 1010. The van der Waals surface area contributed by atoms with Crippen LogP contribution in [0, 0.1) is 5.92 Å². The summed E-state index contributed by atoms with van der Waals surface area (Å²) in [5.74, 6) is 1.59. The molecule has 0 aromatic carbocycles. The zero-order valence-corrected chi connectivity index (χ0v) is 17.1. The highest BCUT2D eigenvalue weighted by Crippen LogP contribution is 2.31. The van der Waals surface area contributed by atoms with Crippen LogP contribution in [0.3, 0.4) is 0 Å². The number of aromatic nitrogens is 4. The molecule has 1 amide bonds. The highest BCUT2D eigenvalue weighted by atomic mass is 16.2. The summed E-state index contributed by atoms with van der Waals surface area (Å²) in [5, 5.41) is 0. The van der Waals surface area contributed by atoms with Gasteiger partial charge in [0.05, 0.1) is 11.8 Å². The molecule has 2 aliphatic rings. The second kappa shape index (κ2) is 7.65. The fraction of sp³-hybridized carbons (Fsp3) is 0.522. The second-order valence-corrected chi connectivity index (χ2v) is 8.52. The number of carbonyl (C=O) groups excluding carboxylic acids is 1. The zero-order valence-electron chi connectivity index (χ0n) is 17.1. The largest absolute Gasteiger partial charge is 0.336 e. The molecule has 0 atom stereocenters. The van der Waals surface area contributed by atoms with E-state index in [1.165, 1.54) is 32.1 Å². The predicted molar refractivity (Wildman–Crippen MR) is 113 cm³/mol. The van der Waals surface area contributed by atoms with E-state index < -0.39 is 0 Å². The SMILES string of the molecule is CCN(C(=O)c1nc(-c2cn(CC3CC3)cn2)n2ccccc12)C1CCCCC1. The van der Waals surface area contributed by atoms with Crippen LogP contribution < -0.4 is 0 Å². The molecule has 0 spiro atoms. The normalized spacial score (nSPS) is 17.7. The molecule has 0 aliphatic heterocycles. The summed E-state index contributed by atoms with van der Waals surface area (Å²) in [6.45, 7) is 3.82. The van der Waals surface area contributed by atoms with Gasteiger partial charge < -0.3 is 9.47 Å². The van der Waals surface area contributed by atoms with E-state index in [9.17, 15) is 4.79 Å². The van der Waals surface area contributed by atoms with Crippen LogP contribution in [0.5, 0.6) is 0 Å². The summed E-state index contributed by atoms with van der Waals surface area (Å²) < 4.78 is 4.16. The summed E-state index contributed by atoms with van der Waals surface area (Å²) in [4.78, 5) is 25.0. The molecule has 3 heterocycles. The lowest BCUT2D eigenvalue weighted by molar-refractivity contribution is 0.0644. The molecule has 0 radical (unpaired) electrons. The van der Waals surface area contributed by atoms with Gasteiger partial charge in [-0.15, -0.1) is 0 Å². The van der Waals surface area contributed by atoms with Gasteiger partial charge in [0.1, 0.15) is 5.69 Å². The van der Waals surface area contributed by atoms with Crippen LogP contribution in [0.1, 0.15) is 62.4 Å². The van der Waals surface area contributed by atoms with Gasteiger partial charge in [0.25, 0.3) is 5.91 Å². The lowest BCUT2D eigenvalue weighted by Crippen LogP contribution is -2.41. The molecule has 0 N–H and O–H groups in total. The summed E-state index contributed by atoms with van der Waals surface area (Å²) in [6.07, 6.45) is 14.5. The van der Waals surface area contributed by atoms with E-state index in [-0.39, 0.29) is 5.91 Å². The first-order valence-corrected chi connectivity index (χ1v) is 11.0. The van der Waals surface area contributed by atoms with Gasteiger partial charge in [-0.2, -0.15) is 0 Å². The smallest absolute Gasteiger partial charge is 0.274 e. The number of pyridine rings is 1. The number of carbonyl (C=O) groups is 1. The molecule has 3 aromatic heterocycles. The third kappa shape index (κ3) is 3.56. The number of hydrogen-bond donors (Lipinski definition) is 0. The average Bonchev–Trinajstić information content (AvgIpc) is 3.31.